The molecule has 0 aliphatic rings. The van der Waals surface area contributed by atoms with Crippen molar-refractivity contribution in [2.45, 2.75) is 13.3 Å². The molecule has 4 aromatic rings. The van der Waals surface area contributed by atoms with Gasteiger partial charge in [-0.3, -0.25) is 14.7 Å². The molecule has 0 bridgehead atoms. The predicted molar refractivity (Wildman–Crippen MR) is 113 cm³/mol. The van der Waals surface area contributed by atoms with Crippen LogP contribution in [0.15, 0.2) is 83.6 Å². The standard InChI is InChI=1S/C24H20FN3O2/c1-2-28(21(29)16-17-6-4-3-5-7-17)24-22(18-12-14-26-15-13-18)23(27-30-24)19-8-10-20(25)11-9-19/h3-15H,2,16H2,1H3. The van der Waals surface area contributed by atoms with Crippen molar-refractivity contribution in [2.75, 3.05) is 11.4 Å². The lowest BCUT2D eigenvalue weighted by atomic mass is 10.0. The molecule has 0 saturated heterocycles. The number of aromatic nitrogens is 2. The first kappa shape index (κ1) is 19.5. The minimum absolute atomic E-state index is 0.0965. The first-order valence-electron chi connectivity index (χ1n) is 9.67. The summed E-state index contributed by atoms with van der Waals surface area (Å²) in [5, 5.41) is 4.24. The molecule has 150 valence electrons. The summed E-state index contributed by atoms with van der Waals surface area (Å²) in [5.74, 6) is -0.0640. The molecule has 0 saturated carbocycles. The van der Waals surface area contributed by atoms with Crippen LogP contribution in [0.3, 0.4) is 0 Å². The fourth-order valence-electron chi connectivity index (χ4n) is 3.35. The average Bonchev–Trinajstić information content (AvgIpc) is 3.21. The number of benzene rings is 2. The Morgan fingerprint density at radius 2 is 1.67 bits per heavy atom. The Morgan fingerprint density at radius 3 is 2.33 bits per heavy atom. The Balaban J connectivity index is 1.78. The monoisotopic (exact) mass is 401 g/mol. The molecule has 0 radical (unpaired) electrons. The van der Waals surface area contributed by atoms with E-state index in [0.717, 1.165) is 11.1 Å². The third kappa shape index (κ3) is 3.98. The number of pyridine rings is 1. The third-order valence-corrected chi connectivity index (χ3v) is 4.82. The number of nitrogens with zero attached hydrogens (tertiary/aromatic N) is 3. The van der Waals surface area contributed by atoms with Crippen LogP contribution in [0.5, 0.6) is 0 Å². The fourth-order valence-corrected chi connectivity index (χ4v) is 3.35. The van der Waals surface area contributed by atoms with E-state index in [4.69, 9.17) is 4.52 Å². The molecule has 2 aromatic carbocycles. The van der Waals surface area contributed by atoms with Crippen molar-refractivity contribution in [3.05, 3.63) is 90.5 Å². The molecule has 0 atom stereocenters. The molecule has 0 N–H and O–H groups in total. The maximum absolute atomic E-state index is 13.4. The summed E-state index contributed by atoms with van der Waals surface area (Å²) in [4.78, 5) is 18.8. The van der Waals surface area contributed by atoms with E-state index in [2.05, 4.69) is 10.1 Å². The molecule has 2 heterocycles. The third-order valence-electron chi connectivity index (χ3n) is 4.82. The van der Waals surface area contributed by atoms with Gasteiger partial charge < -0.3 is 4.52 Å². The van der Waals surface area contributed by atoms with Crippen molar-refractivity contribution >= 4 is 11.8 Å². The quantitative estimate of drug-likeness (QED) is 0.449. The van der Waals surface area contributed by atoms with Crippen LogP contribution in [0.4, 0.5) is 10.3 Å². The van der Waals surface area contributed by atoms with E-state index in [1.807, 2.05) is 49.4 Å². The van der Waals surface area contributed by atoms with E-state index in [1.54, 1.807) is 29.4 Å². The molecule has 0 fully saturated rings. The number of halogens is 1. The fraction of sp³-hybridized carbons (Fsp3) is 0.125. The number of hydrogen-bond acceptors (Lipinski definition) is 4. The lowest BCUT2D eigenvalue weighted by Crippen LogP contribution is -2.32. The van der Waals surface area contributed by atoms with Gasteiger partial charge in [0.15, 0.2) is 0 Å². The van der Waals surface area contributed by atoms with E-state index >= 15 is 0 Å². The first-order chi connectivity index (χ1) is 14.7. The molecule has 0 unspecified atom stereocenters. The van der Waals surface area contributed by atoms with Crippen molar-refractivity contribution in [1.82, 2.24) is 10.1 Å². The Labute approximate surface area is 173 Å². The molecular formula is C24H20FN3O2. The van der Waals surface area contributed by atoms with Gasteiger partial charge in [0.1, 0.15) is 11.5 Å². The van der Waals surface area contributed by atoms with Crippen LogP contribution < -0.4 is 4.90 Å². The van der Waals surface area contributed by atoms with Gasteiger partial charge in [0, 0.05) is 24.5 Å². The summed E-state index contributed by atoms with van der Waals surface area (Å²) in [5.41, 5.74) is 3.65. The molecule has 5 nitrogen and oxygen atoms in total. The van der Waals surface area contributed by atoms with E-state index in [1.165, 1.54) is 12.1 Å². The Kier molecular flexibility index (Phi) is 5.66. The Hall–Kier alpha value is -3.80. The summed E-state index contributed by atoms with van der Waals surface area (Å²) < 4.78 is 19.1. The highest BCUT2D eigenvalue weighted by atomic mass is 19.1. The van der Waals surface area contributed by atoms with Crippen LogP contribution in [0.1, 0.15) is 12.5 Å². The maximum Gasteiger partial charge on any atom is 0.242 e. The van der Waals surface area contributed by atoms with E-state index < -0.39 is 0 Å². The first-order valence-corrected chi connectivity index (χ1v) is 9.67. The summed E-state index contributed by atoms with van der Waals surface area (Å²) in [6.45, 7) is 2.31. The second-order valence-corrected chi connectivity index (χ2v) is 6.75. The van der Waals surface area contributed by atoms with Gasteiger partial charge in [0.25, 0.3) is 0 Å². The van der Waals surface area contributed by atoms with Crippen LogP contribution in [0.2, 0.25) is 0 Å². The van der Waals surface area contributed by atoms with Crippen molar-refractivity contribution < 1.29 is 13.7 Å². The molecule has 0 aliphatic carbocycles. The smallest absolute Gasteiger partial charge is 0.242 e. The second-order valence-electron chi connectivity index (χ2n) is 6.75. The Bertz CT molecular complexity index is 1130. The van der Waals surface area contributed by atoms with Gasteiger partial charge in [-0.05, 0) is 54.4 Å². The van der Waals surface area contributed by atoms with Crippen molar-refractivity contribution in [1.29, 1.82) is 0 Å². The lowest BCUT2D eigenvalue weighted by Gasteiger charge is -2.19. The SMILES string of the molecule is CCN(C(=O)Cc1ccccc1)c1onc(-c2ccc(F)cc2)c1-c1ccncc1. The lowest BCUT2D eigenvalue weighted by molar-refractivity contribution is -0.118. The van der Waals surface area contributed by atoms with Crippen LogP contribution in [-0.4, -0.2) is 22.6 Å². The molecule has 4 rings (SSSR count). The number of rotatable bonds is 6. The van der Waals surface area contributed by atoms with Crippen molar-refractivity contribution in [3.63, 3.8) is 0 Å². The van der Waals surface area contributed by atoms with E-state index in [-0.39, 0.29) is 18.1 Å². The number of likely N-dealkylation sites (N-methyl/N-ethyl adjacent to an activating group) is 1. The predicted octanol–water partition coefficient (Wildman–Crippen LogP) is 5.14. The molecule has 0 spiro atoms. The largest absolute Gasteiger partial charge is 0.337 e. The summed E-state index contributed by atoms with van der Waals surface area (Å²) in [6.07, 6.45) is 3.59. The highest BCUT2D eigenvalue weighted by Gasteiger charge is 2.27. The number of hydrogen-bond donors (Lipinski definition) is 0. The summed E-state index contributed by atoms with van der Waals surface area (Å²) in [6, 6.07) is 19.3. The summed E-state index contributed by atoms with van der Waals surface area (Å²) >= 11 is 0. The number of carbonyl (C=O) groups excluding carboxylic acids is 1. The topological polar surface area (TPSA) is 59.2 Å². The second kappa shape index (κ2) is 8.69. The molecule has 30 heavy (non-hydrogen) atoms. The molecular weight excluding hydrogens is 381 g/mol. The van der Waals surface area contributed by atoms with Crippen LogP contribution in [0, 0.1) is 5.82 Å². The van der Waals surface area contributed by atoms with E-state index in [9.17, 15) is 9.18 Å². The molecule has 2 aromatic heterocycles. The van der Waals surface area contributed by atoms with Gasteiger partial charge >= 0.3 is 0 Å². The molecule has 0 aliphatic heterocycles. The van der Waals surface area contributed by atoms with Gasteiger partial charge in [-0.25, -0.2) is 4.39 Å². The summed E-state index contributed by atoms with van der Waals surface area (Å²) in [7, 11) is 0. The average molecular weight is 401 g/mol. The van der Waals surface area contributed by atoms with Crippen molar-refractivity contribution in [3.8, 4) is 22.4 Å². The Morgan fingerprint density at radius 1 is 0.967 bits per heavy atom. The molecule has 1 amide bonds. The van der Waals surface area contributed by atoms with Crippen LogP contribution in [-0.2, 0) is 11.2 Å². The van der Waals surface area contributed by atoms with Gasteiger partial charge in [0.05, 0.1) is 12.0 Å². The number of carbonyl (C=O) groups is 1. The van der Waals surface area contributed by atoms with E-state index in [0.29, 0.717) is 29.2 Å². The number of anilines is 1. The zero-order valence-corrected chi connectivity index (χ0v) is 16.5. The zero-order chi connectivity index (χ0) is 20.9. The number of amides is 1. The minimum Gasteiger partial charge on any atom is -0.337 e. The van der Waals surface area contributed by atoms with Gasteiger partial charge in [-0.15, -0.1) is 0 Å². The minimum atomic E-state index is -0.332. The van der Waals surface area contributed by atoms with Gasteiger partial charge in [-0.1, -0.05) is 35.5 Å². The molecule has 6 heteroatoms. The van der Waals surface area contributed by atoms with Crippen molar-refractivity contribution in [2.24, 2.45) is 0 Å². The highest BCUT2D eigenvalue weighted by Crippen LogP contribution is 2.39. The van der Waals surface area contributed by atoms with Crippen LogP contribution >= 0.6 is 0 Å². The normalized spacial score (nSPS) is 10.7. The maximum atomic E-state index is 13.4. The zero-order valence-electron chi connectivity index (χ0n) is 16.5. The highest BCUT2D eigenvalue weighted by molar-refractivity contribution is 5.99. The van der Waals surface area contributed by atoms with Gasteiger partial charge in [-0.2, -0.15) is 0 Å². The van der Waals surface area contributed by atoms with Crippen LogP contribution in [0.25, 0.3) is 22.4 Å². The van der Waals surface area contributed by atoms with Gasteiger partial charge in [0.2, 0.25) is 11.8 Å².